The van der Waals surface area contributed by atoms with Crippen LogP contribution in [0.5, 0.6) is 5.75 Å². The summed E-state index contributed by atoms with van der Waals surface area (Å²) in [5, 5.41) is 5.15. The van der Waals surface area contributed by atoms with Crippen molar-refractivity contribution in [2.45, 2.75) is 6.36 Å². The van der Waals surface area contributed by atoms with Crippen LogP contribution in [-0.2, 0) is 0 Å². The second-order valence-corrected chi connectivity index (χ2v) is 6.16. The second-order valence-electron chi connectivity index (χ2n) is 6.16. The van der Waals surface area contributed by atoms with Crippen molar-refractivity contribution >= 4 is 10.8 Å². The quantitative estimate of drug-likeness (QED) is 0.450. The Morgan fingerprint density at radius 1 is 0.862 bits per heavy atom. The molecule has 8 heteroatoms. The fourth-order valence-corrected chi connectivity index (χ4v) is 3.00. The van der Waals surface area contributed by atoms with Crippen LogP contribution in [0, 0.1) is 5.82 Å². The molecule has 0 bridgehead atoms. The van der Waals surface area contributed by atoms with Crippen LogP contribution in [-0.4, -0.2) is 16.1 Å². The molecule has 0 atom stereocenters. The van der Waals surface area contributed by atoms with Gasteiger partial charge in [-0.1, -0.05) is 30.3 Å². The molecule has 0 aliphatic heterocycles. The molecule has 0 radical (unpaired) electrons. The van der Waals surface area contributed by atoms with Gasteiger partial charge in [0.25, 0.3) is 5.56 Å². The summed E-state index contributed by atoms with van der Waals surface area (Å²) in [5.74, 6) is -0.875. The molecule has 0 aliphatic rings. The van der Waals surface area contributed by atoms with Gasteiger partial charge in [0.15, 0.2) is 0 Å². The number of halogens is 4. The van der Waals surface area contributed by atoms with Gasteiger partial charge in [0, 0.05) is 10.9 Å². The first-order chi connectivity index (χ1) is 13.8. The van der Waals surface area contributed by atoms with Crippen molar-refractivity contribution in [3.05, 3.63) is 89.0 Å². The monoisotopic (exact) mass is 400 g/mol. The maximum absolute atomic E-state index is 13.3. The summed E-state index contributed by atoms with van der Waals surface area (Å²) in [6.07, 6.45) is -4.83. The maximum Gasteiger partial charge on any atom is 0.573 e. The number of benzene rings is 3. The molecule has 0 N–H and O–H groups in total. The van der Waals surface area contributed by atoms with Crippen molar-refractivity contribution in [2.75, 3.05) is 0 Å². The predicted molar refractivity (Wildman–Crippen MR) is 99.4 cm³/mol. The number of nitrogens with zero attached hydrogens (tertiary/aromatic N) is 2. The third-order valence-corrected chi connectivity index (χ3v) is 4.22. The Morgan fingerprint density at radius 2 is 1.55 bits per heavy atom. The van der Waals surface area contributed by atoms with E-state index in [2.05, 4.69) is 9.84 Å². The normalized spacial score (nSPS) is 11.6. The van der Waals surface area contributed by atoms with E-state index < -0.39 is 23.5 Å². The molecule has 3 aromatic carbocycles. The molecule has 1 aromatic heterocycles. The molecule has 1 heterocycles. The zero-order valence-electron chi connectivity index (χ0n) is 14.7. The first-order valence-electron chi connectivity index (χ1n) is 8.46. The molecule has 0 saturated carbocycles. The van der Waals surface area contributed by atoms with Crippen molar-refractivity contribution in [2.24, 2.45) is 0 Å². The third kappa shape index (κ3) is 3.82. The number of hydrogen-bond donors (Lipinski definition) is 0. The minimum absolute atomic E-state index is 0.289. The van der Waals surface area contributed by atoms with E-state index >= 15 is 0 Å². The fraction of sp³-hybridized carbons (Fsp3) is 0.0476. The van der Waals surface area contributed by atoms with E-state index in [-0.39, 0.29) is 5.69 Å². The Bertz CT molecular complexity index is 1250. The van der Waals surface area contributed by atoms with Gasteiger partial charge in [-0.3, -0.25) is 4.79 Å². The lowest BCUT2D eigenvalue weighted by Gasteiger charge is -2.13. The lowest BCUT2D eigenvalue weighted by molar-refractivity contribution is -0.274. The number of rotatable bonds is 3. The minimum Gasteiger partial charge on any atom is -0.406 e. The fourth-order valence-electron chi connectivity index (χ4n) is 3.00. The van der Waals surface area contributed by atoms with E-state index in [1.165, 1.54) is 42.5 Å². The van der Waals surface area contributed by atoms with Gasteiger partial charge >= 0.3 is 6.36 Å². The molecule has 0 aliphatic carbocycles. The summed E-state index contributed by atoms with van der Waals surface area (Å²) in [5.41, 5.74) is 0.515. The molecule has 0 spiro atoms. The van der Waals surface area contributed by atoms with Crippen molar-refractivity contribution < 1.29 is 22.3 Å². The van der Waals surface area contributed by atoms with E-state index in [9.17, 15) is 22.4 Å². The first kappa shape index (κ1) is 18.7. The number of aromatic nitrogens is 2. The van der Waals surface area contributed by atoms with E-state index in [1.54, 1.807) is 30.3 Å². The highest BCUT2D eigenvalue weighted by atomic mass is 19.4. The van der Waals surface area contributed by atoms with Crippen molar-refractivity contribution in [1.29, 1.82) is 0 Å². The third-order valence-electron chi connectivity index (χ3n) is 4.22. The van der Waals surface area contributed by atoms with Crippen LogP contribution in [0.2, 0.25) is 0 Å². The van der Waals surface area contributed by atoms with E-state index in [0.717, 1.165) is 4.68 Å². The molecule has 0 saturated heterocycles. The number of ether oxygens (including phenoxy) is 1. The summed E-state index contributed by atoms with van der Waals surface area (Å²) in [6.45, 7) is 0. The van der Waals surface area contributed by atoms with Crippen LogP contribution in [0.25, 0.3) is 27.7 Å². The molecule has 29 heavy (non-hydrogen) atoms. The van der Waals surface area contributed by atoms with Crippen molar-refractivity contribution in [3.63, 3.8) is 0 Å². The molecule has 0 unspecified atom stereocenters. The largest absolute Gasteiger partial charge is 0.573 e. The lowest BCUT2D eigenvalue weighted by atomic mass is 10.0. The van der Waals surface area contributed by atoms with Crippen molar-refractivity contribution in [1.82, 2.24) is 9.78 Å². The van der Waals surface area contributed by atoms with Crippen LogP contribution in [0.3, 0.4) is 0 Å². The standard InChI is InChI=1S/C21H12F4N2O2/c22-14-8-10-15(11-9-14)27-20(28)18-7-2-1-6-17(18)19(26-27)13-4-3-5-16(12-13)29-21(23,24)25/h1-12H. The van der Waals surface area contributed by atoms with Gasteiger partial charge < -0.3 is 4.74 Å². The predicted octanol–water partition coefficient (Wildman–Crippen LogP) is 5.09. The Balaban J connectivity index is 1.95. The van der Waals surface area contributed by atoms with E-state index in [0.29, 0.717) is 22.0 Å². The van der Waals surface area contributed by atoms with Gasteiger partial charge in [0.1, 0.15) is 11.6 Å². The summed E-state index contributed by atoms with van der Waals surface area (Å²) >= 11 is 0. The van der Waals surface area contributed by atoms with E-state index in [1.807, 2.05) is 0 Å². The van der Waals surface area contributed by atoms with E-state index in [4.69, 9.17) is 0 Å². The van der Waals surface area contributed by atoms with Gasteiger partial charge in [0.2, 0.25) is 0 Å². The molecule has 4 rings (SSSR count). The molecular formula is C21H12F4N2O2. The van der Waals surface area contributed by atoms with Gasteiger partial charge in [-0.15, -0.1) is 13.2 Å². The van der Waals surface area contributed by atoms with Crippen LogP contribution in [0.4, 0.5) is 17.6 Å². The maximum atomic E-state index is 13.3. The average molecular weight is 400 g/mol. The highest BCUT2D eigenvalue weighted by molar-refractivity contribution is 5.94. The number of hydrogen-bond acceptors (Lipinski definition) is 3. The summed E-state index contributed by atoms with van der Waals surface area (Å²) in [6, 6.07) is 17.1. The summed E-state index contributed by atoms with van der Waals surface area (Å²) in [4.78, 5) is 12.9. The molecule has 4 nitrogen and oxygen atoms in total. The van der Waals surface area contributed by atoms with Crippen molar-refractivity contribution in [3.8, 4) is 22.7 Å². The molecule has 4 aromatic rings. The second kappa shape index (κ2) is 7.05. The highest BCUT2D eigenvalue weighted by Crippen LogP contribution is 2.30. The molecule has 0 amide bonds. The zero-order valence-corrected chi connectivity index (χ0v) is 14.7. The van der Waals surface area contributed by atoms with Gasteiger partial charge in [-0.25, -0.2) is 4.39 Å². The van der Waals surface area contributed by atoms with Crippen LogP contribution < -0.4 is 10.3 Å². The van der Waals surface area contributed by atoms with Crippen LogP contribution in [0.15, 0.2) is 77.6 Å². The smallest absolute Gasteiger partial charge is 0.406 e. The van der Waals surface area contributed by atoms with Crippen LogP contribution >= 0.6 is 0 Å². The van der Waals surface area contributed by atoms with Gasteiger partial charge in [-0.05, 0) is 42.5 Å². The van der Waals surface area contributed by atoms with Crippen LogP contribution in [0.1, 0.15) is 0 Å². The Morgan fingerprint density at radius 3 is 2.24 bits per heavy atom. The number of fused-ring (bicyclic) bond motifs is 1. The Kier molecular flexibility index (Phi) is 4.54. The lowest BCUT2D eigenvalue weighted by Crippen LogP contribution is -2.22. The summed E-state index contributed by atoms with van der Waals surface area (Å²) < 4.78 is 56.1. The van der Waals surface area contributed by atoms with Gasteiger partial charge in [-0.2, -0.15) is 9.78 Å². The Hall–Kier alpha value is -3.68. The first-order valence-corrected chi connectivity index (χ1v) is 8.46. The molecule has 0 fully saturated rings. The molecule has 146 valence electrons. The highest BCUT2D eigenvalue weighted by Gasteiger charge is 2.31. The molecular weight excluding hydrogens is 388 g/mol. The van der Waals surface area contributed by atoms with Gasteiger partial charge in [0.05, 0.1) is 16.8 Å². The topological polar surface area (TPSA) is 44.1 Å². The average Bonchev–Trinajstić information content (AvgIpc) is 2.68. The minimum atomic E-state index is -4.83. The summed E-state index contributed by atoms with van der Waals surface area (Å²) in [7, 11) is 0. The zero-order chi connectivity index (χ0) is 20.6. The number of alkyl halides is 3. The Labute approximate surface area is 161 Å². The SMILES string of the molecule is O=c1c2ccccc2c(-c2cccc(OC(F)(F)F)c2)nn1-c1ccc(F)cc1.